The third-order valence-corrected chi connectivity index (χ3v) is 6.54. The topological polar surface area (TPSA) is 84.9 Å². The number of amides is 1. The average molecular weight is 477 g/mol. The van der Waals surface area contributed by atoms with Crippen molar-refractivity contribution in [1.29, 1.82) is 0 Å². The van der Waals surface area contributed by atoms with Crippen molar-refractivity contribution in [3.63, 3.8) is 0 Å². The van der Waals surface area contributed by atoms with E-state index in [4.69, 9.17) is 9.47 Å². The molecule has 10 heteroatoms. The lowest BCUT2D eigenvalue weighted by atomic mass is 10.2. The lowest BCUT2D eigenvalue weighted by Crippen LogP contribution is -2.38. The van der Waals surface area contributed by atoms with Gasteiger partial charge in [-0.1, -0.05) is 17.7 Å². The van der Waals surface area contributed by atoms with Crippen LogP contribution in [-0.2, 0) is 14.8 Å². The molecule has 0 saturated heterocycles. The Hall–Kier alpha value is -3.66. The van der Waals surface area contributed by atoms with Gasteiger partial charge in [-0.2, -0.15) is 0 Å². The van der Waals surface area contributed by atoms with E-state index in [1.165, 1.54) is 50.6 Å². The first-order chi connectivity index (χ1) is 15.6. The van der Waals surface area contributed by atoms with Crippen LogP contribution in [-0.4, -0.2) is 35.1 Å². The summed E-state index contributed by atoms with van der Waals surface area (Å²) in [6, 6.07) is 13.4. The van der Waals surface area contributed by atoms with Crippen LogP contribution in [0.1, 0.15) is 5.56 Å². The van der Waals surface area contributed by atoms with Gasteiger partial charge in [0.15, 0.2) is 23.1 Å². The zero-order chi connectivity index (χ0) is 24.2. The molecule has 7 nitrogen and oxygen atoms in total. The molecular formula is C23H22F2N2O5S. The maximum absolute atomic E-state index is 13.5. The van der Waals surface area contributed by atoms with Crippen LogP contribution in [0.2, 0.25) is 0 Å². The molecule has 0 spiro atoms. The molecule has 3 aromatic carbocycles. The summed E-state index contributed by atoms with van der Waals surface area (Å²) in [6.07, 6.45) is 0. The number of hydrogen-bond donors (Lipinski definition) is 1. The smallest absolute Gasteiger partial charge is 0.264 e. The highest BCUT2D eigenvalue weighted by atomic mass is 32.2. The van der Waals surface area contributed by atoms with Crippen molar-refractivity contribution in [2.45, 2.75) is 11.8 Å². The van der Waals surface area contributed by atoms with Crippen LogP contribution in [0.25, 0.3) is 0 Å². The highest BCUT2D eigenvalue weighted by Crippen LogP contribution is 2.34. The number of carbonyl (C=O) groups is 1. The van der Waals surface area contributed by atoms with Crippen LogP contribution < -0.4 is 19.1 Å². The maximum Gasteiger partial charge on any atom is 0.264 e. The Kier molecular flexibility index (Phi) is 7.17. The van der Waals surface area contributed by atoms with Gasteiger partial charge in [0.2, 0.25) is 5.91 Å². The van der Waals surface area contributed by atoms with Crippen molar-refractivity contribution in [2.75, 3.05) is 30.4 Å². The van der Waals surface area contributed by atoms with Crippen LogP contribution in [0.3, 0.4) is 0 Å². The van der Waals surface area contributed by atoms with E-state index >= 15 is 0 Å². The van der Waals surface area contributed by atoms with Crippen molar-refractivity contribution in [2.24, 2.45) is 0 Å². The van der Waals surface area contributed by atoms with E-state index in [9.17, 15) is 22.0 Å². The van der Waals surface area contributed by atoms with E-state index in [1.807, 2.05) is 6.92 Å². The molecular weight excluding hydrogens is 454 g/mol. The molecule has 0 saturated carbocycles. The van der Waals surface area contributed by atoms with Gasteiger partial charge in [0, 0.05) is 17.8 Å². The fourth-order valence-corrected chi connectivity index (χ4v) is 4.45. The first kappa shape index (κ1) is 24.0. The Bertz CT molecular complexity index is 1260. The molecule has 1 N–H and O–H groups in total. The van der Waals surface area contributed by atoms with Gasteiger partial charge in [-0.25, -0.2) is 17.2 Å². The quantitative estimate of drug-likeness (QED) is 0.529. The Morgan fingerprint density at radius 2 is 1.58 bits per heavy atom. The van der Waals surface area contributed by atoms with E-state index in [0.717, 1.165) is 22.0 Å². The minimum atomic E-state index is -4.18. The largest absolute Gasteiger partial charge is 0.493 e. The maximum atomic E-state index is 13.5. The van der Waals surface area contributed by atoms with Crippen molar-refractivity contribution < 1.29 is 31.5 Å². The molecule has 3 rings (SSSR count). The van der Waals surface area contributed by atoms with E-state index in [0.29, 0.717) is 5.75 Å². The summed E-state index contributed by atoms with van der Waals surface area (Å²) in [5, 5.41) is 2.39. The normalized spacial score (nSPS) is 11.1. The Morgan fingerprint density at radius 3 is 2.18 bits per heavy atom. The molecule has 0 aliphatic carbocycles. The minimum absolute atomic E-state index is 0.0149. The molecule has 0 aliphatic rings. The Morgan fingerprint density at radius 1 is 0.909 bits per heavy atom. The molecule has 0 atom stereocenters. The van der Waals surface area contributed by atoms with Crippen LogP contribution >= 0.6 is 0 Å². The van der Waals surface area contributed by atoms with Gasteiger partial charge in [-0.05, 0) is 43.3 Å². The molecule has 0 heterocycles. The summed E-state index contributed by atoms with van der Waals surface area (Å²) in [7, 11) is -1.34. The van der Waals surface area contributed by atoms with Crippen molar-refractivity contribution >= 4 is 27.3 Å². The Labute approximate surface area is 190 Å². The molecule has 3 aromatic rings. The van der Waals surface area contributed by atoms with Crippen LogP contribution in [0.15, 0.2) is 65.6 Å². The molecule has 0 radical (unpaired) electrons. The number of ether oxygens (including phenoxy) is 2. The van der Waals surface area contributed by atoms with E-state index in [2.05, 4.69) is 5.32 Å². The highest BCUT2D eigenvalue weighted by Gasteiger charge is 2.28. The van der Waals surface area contributed by atoms with Crippen LogP contribution in [0.5, 0.6) is 11.5 Å². The third-order valence-electron chi connectivity index (χ3n) is 4.75. The van der Waals surface area contributed by atoms with Crippen LogP contribution in [0.4, 0.5) is 20.2 Å². The van der Waals surface area contributed by atoms with Gasteiger partial charge >= 0.3 is 0 Å². The number of benzene rings is 3. The van der Waals surface area contributed by atoms with Crippen molar-refractivity contribution in [1.82, 2.24) is 0 Å². The van der Waals surface area contributed by atoms with Gasteiger partial charge in [0.05, 0.1) is 24.8 Å². The SMILES string of the molecule is COc1ccc(N(CC(=O)Nc2ccc(F)c(F)c2)S(=O)(=O)c2ccc(C)cc2)cc1OC. The predicted octanol–water partition coefficient (Wildman–Crippen LogP) is 4.12. The first-order valence-corrected chi connectivity index (χ1v) is 11.2. The van der Waals surface area contributed by atoms with Gasteiger partial charge in [0.25, 0.3) is 10.0 Å². The van der Waals surface area contributed by atoms with E-state index in [-0.39, 0.29) is 22.0 Å². The number of methoxy groups -OCH3 is 2. The molecule has 0 bridgehead atoms. The zero-order valence-corrected chi connectivity index (χ0v) is 18.9. The molecule has 0 unspecified atom stereocenters. The van der Waals surface area contributed by atoms with Gasteiger partial charge < -0.3 is 14.8 Å². The van der Waals surface area contributed by atoms with Crippen LogP contribution in [0, 0.1) is 18.6 Å². The number of rotatable bonds is 8. The second-order valence-corrected chi connectivity index (χ2v) is 8.90. The molecule has 0 aromatic heterocycles. The summed E-state index contributed by atoms with van der Waals surface area (Å²) in [5.41, 5.74) is 0.996. The molecule has 0 fully saturated rings. The number of nitrogens with one attached hydrogen (secondary N) is 1. The minimum Gasteiger partial charge on any atom is -0.493 e. The molecule has 33 heavy (non-hydrogen) atoms. The highest BCUT2D eigenvalue weighted by molar-refractivity contribution is 7.92. The van der Waals surface area contributed by atoms with Crippen molar-refractivity contribution in [3.05, 3.63) is 77.9 Å². The summed E-state index contributed by atoms with van der Waals surface area (Å²) in [5.74, 6) is -2.33. The summed E-state index contributed by atoms with van der Waals surface area (Å²) in [6.45, 7) is 1.18. The summed E-state index contributed by atoms with van der Waals surface area (Å²) in [4.78, 5) is 12.7. The lowest BCUT2D eigenvalue weighted by Gasteiger charge is -2.25. The Balaban J connectivity index is 2.00. The van der Waals surface area contributed by atoms with Gasteiger partial charge in [-0.15, -0.1) is 0 Å². The number of aryl methyl sites for hydroxylation is 1. The number of anilines is 2. The number of hydrogen-bond acceptors (Lipinski definition) is 5. The summed E-state index contributed by atoms with van der Waals surface area (Å²) < 4.78 is 64.9. The fraction of sp³-hybridized carbons (Fsp3) is 0.174. The first-order valence-electron chi connectivity index (χ1n) is 9.72. The standard InChI is InChI=1S/C23H22F2N2O5S/c1-15-4-8-18(9-5-15)33(29,30)27(17-7-11-21(31-2)22(13-17)32-3)14-23(28)26-16-6-10-19(24)20(25)12-16/h4-13H,14H2,1-3H3,(H,26,28). The fourth-order valence-electron chi connectivity index (χ4n) is 3.04. The summed E-state index contributed by atoms with van der Waals surface area (Å²) >= 11 is 0. The second-order valence-electron chi connectivity index (χ2n) is 7.04. The predicted molar refractivity (Wildman–Crippen MR) is 120 cm³/mol. The lowest BCUT2D eigenvalue weighted by molar-refractivity contribution is -0.114. The number of halogens is 2. The monoisotopic (exact) mass is 476 g/mol. The second kappa shape index (κ2) is 9.86. The molecule has 1 amide bonds. The van der Waals surface area contributed by atoms with Gasteiger partial charge in [0.1, 0.15) is 6.54 Å². The number of carbonyl (C=O) groups excluding carboxylic acids is 1. The van der Waals surface area contributed by atoms with Crippen molar-refractivity contribution in [3.8, 4) is 11.5 Å². The van der Waals surface area contributed by atoms with E-state index < -0.39 is 34.1 Å². The average Bonchev–Trinajstić information content (AvgIpc) is 2.79. The van der Waals surface area contributed by atoms with E-state index in [1.54, 1.807) is 12.1 Å². The third kappa shape index (κ3) is 5.40. The number of sulfonamides is 1. The van der Waals surface area contributed by atoms with Gasteiger partial charge in [-0.3, -0.25) is 9.10 Å². The molecule has 0 aliphatic heterocycles. The molecule has 174 valence electrons. The zero-order valence-electron chi connectivity index (χ0n) is 18.1. The number of nitrogens with zero attached hydrogens (tertiary/aromatic N) is 1.